The number of nitrogens with zero attached hydrogens (tertiary/aromatic N) is 2. The largest absolute Gasteiger partial charge is 0.476 e. The van der Waals surface area contributed by atoms with E-state index in [0.717, 1.165) is 11.3 Å². The molecule has 1 aromatic carbocycles. The zero-order chi connectivity index (χ0) is 19.0. The van der Waals surface area contributed by atoms with Gasteiger partial charge in [-0.15, -0.1) is 11.3 Å². The Morgan fingerprint density at radius 1 is 1.42 bits per heavy atom. The Bertz CT molecular complexity index is 1020. The molecule has 1 amide bonds. The number of rotatable bonds is 5. The first kappa shape index (κ1) is 18.1. The smallest absolute Gasteiger partial charge is 0.387 e. The standard InChI is InChI=1S/C15H10ClF2N3O4S/c1-21-5-6(11(20-21)14(23)24)19-13(22)12-10(16)9-7(25-15(17)18)3-2-4-8(9)26-12/h2-5,15H,1H3,(H,19,22)(H,23,24). The molecule has 0 bridgehead atoms. The van der Waals surface area contributed by atoms with Crippen molar-refractivity contribution in [3.63, 3.8) is 0 Å². The Kier molecular flexibility index (Phi) is 4.79. The fourth-order valence-corrected chi connectivity index (χ4v) is 3.80. The Balaban J connectivity index is 1.99. The Morgan fingerprint density at radius 2 is 2.15 bits per heavy atom. The lowest BCUT2D eigenvalue weighted by molar-refractivity contribution is -0.0487. The van der Waals surface area contributed by atoms with Crippen LogP contribution >= 0.6 is 22.9 Å². The van der Waals surface area contributed by atoms with E-state index in [-0.39, 0.29) is 32.4 Å². The number of nitrogens with one attached hydrogen (secondary N) is 1. The van der Waals surface area contributed by atoms with Crippen LogP contribution in [0.3, 0.4) is 0 Å². The van der Waals surface area contributed by atoms with Crippen molar-refractivity contribution in [2.75, 3.05) is 5.32 Å². The highest BCUT2D eigenvalue weighted by molar-refractivity contribution is 7.21. The number of carbonyl (C=O) groups is 2. The van der Waals surface area contributed by atoms with Gasteiger partial charge in [-0.25, -0.2) is 4.79 Å². The van der Waals surface area contributed by atoms with Gasteiger partial charge in [-0.2, -0.15) is 13.9 Å². The molecule has 0 saturated heterocycles. The quantitative estimate of drug-likeness (QED) is 0.677. The summed E-state index contributed by atoms with van der Waals surface area (Å²) in [4.78, 5) is 23.7. The molecule has 0 fully saturated rings. The topological polar surface area (TPSA) is 93.5 Å². The van der Waals surface area contributed by atoms with Gasteiger partial charge in [0.2, 0.25) is 0 Å². The van der Waals surface area contributed by atoms with Gasteiger partial charge < -0.3 is 15.2 Å². The molecule has 2 heterocycles. The average molecular weight is 402 g/mol. The van der Waals surface area contributed by atoms with Gasteiger partial charge in [0.25, 0.3) is 5.91 Å². The van der Waals surface area contributed by atoms with Crippen LogP contribution in [0.4, 0.5) is 14.5 Å². The Labute approximate surface area is 153 Å². The van der Waals surface area contributed by atoms with Crippen LogP contribution in [-0.4, -0.2) is 33.4 Å². The molecule has 7 nitrogen and oxygen atoms in total. The molecule has 0 spiro atoms. The van der Waals surface area contributed by atoms with Crippen molar-refractivity contribution in [2.45, 2.75) is 6.61 Å². The van der Waals surface area contributed by atoms with Gasteiger partial charge in [-0.3, -0.25) is 9.48 Å². The van der Waals surface area contributed by atoms with Gasteiger partial charge in [-0.05, 0) is 12.1 Å². The van der Waals surface area contributed by atoms with Crippen LogP contribution in [0.25, 0.3) is 10.1 Å². The number of amides is 1. The molecule has 136 valence electrons. The van der Waals surface area contributed by atoms with Crippen molar-refractivity contribution >= 4 is 50.6 Å². The monoisotopic (exact) mass is 401 g/mol. The number of anilines is 1. The summed E-state index contributed by atoms with van der Waals surface area (Å²) in [5.74, 6) is -2.14. The first-order valence-electron chi connectivity index (χ1n) is 7.02. The van der Waals surface area contributed by atoms with E-state index in [1.54, 1.807) is 6.07 Å². The third-order valence-electron chi connectivity index (χ3n) is 3.32. The number of ether oxygens (including phenoxy) is 1. The lowest BCUT2D eigenvalue weighted by atomic mass is 10.2. The van der Waals surface area contributed by atoms with Gasteiger partial charge in [0.05, 0.1) is 16.1 Å². The van der Waals surface area contributed by atoms with Crippen LogP contribution in [-0.2, 0) is 7.05 Å². The van der Waals surface area contributed by atoms with E-state index in [1.807, 2.05) is 0 Å². The van der Waals surface area contributed by atoms with E-state index in [0.29, 0.717) is 4.70 Å². The van der Waals surface area contributed by atoms with Crippen molar-refractivity contribution in [2.24, 2.45) is 7.05 Å². The normalized spacial score (nSPS) is 11.1. The van der Waals surface area contributed by atoms with Crippen molar-refractivity contribution in [1.82, 2.24) is 9.78 Å². The number of hydrogen-bond donors (Lipinski definition) is 2. The van der Waals surface area contributed by atoms with E-state index < -0.39 is 18.5 Å². The minimum Gasteiger partial charge on any atom is -0.476 e. The van der Waals surface area contributed by atoms with Crippen LogP contribution in [0, 0.1) is 0 Å². The number of carboxylic acids is 1. The highest BCUT2D eigenvalue weighted by Gasteiger charge is 2.23. The highest BCUT2D eigenvalue weighted by Crippen LogP contribution is 2.41. The number of aromatic nitrogens is 2. The molecule has 0 aliphatic rings. The van der Waals surface area contributed by atoms with Gasteiger partial charge in [-0.1, -0.05) is 17.7 Å². The minimum atomic E-state index is -3.04. The maximum atomic E-state index is 12.5. The van der Waals surface area contributed by atoms with Crippen LogP contribution in [0.2, 0.25) is 5.02 Å². The number of thiophene rings is 1. The van der Waals surface area contributed by atoms with Crippen molar-refractivity contribution in [3.05, 3.63) is 40.0 Å². The summed E-state index contributed by atoms with van der Waals surface area (Å²) in [6.45, 7) is -3.04. The average Bonchev–Trinajstić information content (AvgIpc) is 3.08. The SMILES string of the molecule is Cn1cc(NC(=O)c2sc3cccc(OC(F)F)c3c2Cl)c(C(=O)O)n1. The van der Waals surface area contributed by atoms with E-state index in [4.69, 9.17) is 16.7 Å². The highest BCUT2D eigenvalue weighted by atomic mass is 35.5. The number of carbonyl (C=O) groups excluding carboxylic acids is 1. The first-order chi connectivity index (χ1) is 12.3. The minimum absolute atomic E-state index is 0.0115. The number of aromatic carboxylic acids is 1. The van der Waals surface area contributed by atoms with Crippen LogP contribution < -0.4 is 10.1 Å². The fourth-order valence-electron chi connectivity index (χ4n) is 2.34. The van der Waals surface area contributed by atoms with Crippen LogP contribution in [0.15, 0.2) is 24.4 Å². The lowest BCUT2D eigenvalue weighted by Crippen LogP contribution is -2.13. The summed E-state index contributed by atoms with van der Waals surface area (Å²) in [6, 6.07) is 4.42. The second kappa shape index (κ2) is 6.89. The zero-order valence-corrected chi connectivity index (χ0v) is 14.6. The molecule has 26 heavy (non-hydrogen) atoms. The maximum Gasteiger partial charge on any atom is 0.387 e. The first-order valence-corrected chi connectivity index (χ1v) is 8.21. The molecule has 0 aliphatic carbocycles. The second-order valence-electron chi connectivity index (χ2n) is 5.08. The molecule has 11 heteroatoms. The summed E-state index contributed by atoms with van der Waals surface area (Å²) < 4.78 is 31.2. The second-order valence-corrected chi connectivity index (χ2v) is 6.51. The van der Waals surface area contributed by atoms with E-state index >= 15 is 0 Å². The number of carboxylic acid groups (broad SMARTS) is 1. The van der Waals surface area contributed by atoms with Gasteiger partial charge in [0, 0.05) is 17.9 Å². The summed E-state index contributed by atoms with van der Waals surface area (Å²) >= 11 is 7.17. The maximum absolute atomic E-state index is 12.5. The van der Waals surface area contributed by atoms with Crippen molar-refractivity contribution < 1.29 is 28.2 Å². The third kappa shape index (κ3) is 3.33. The van der Waals surface area contributed by atoms with Crippen molar-refractivity contribution in [3.8, 4) is 5.75 Å². The molecule has 0 aliphatic heterocycles. The number of halogens is 3. The van der Waals surface area contributed by atoms with Gasteiger partial charge in [0.15, 0.2) is 5.69 Å². The summed E-state index contributed by atoms with van der Waals surface area (Å²) in [7, 11) is 1.50. The summed E-state index contributed by atoms with van der Waals surface area (Å²) in [6.07, 6.45) is 1.33. The predicted octanol–water partition coefficient (Wildman–Crippen LogP) is 3.84. The molecule has 3 rings (SSSR count). The van der Waals surface area contributed by atoms with E-state index in [1.165, 1.54) is 30.1 Å². The van der Waals surface area contributed by atoms with E-state index in [2.05, 4.69) is 15.2 Å². The summed E-state index contributed by atoms with van der Waals surface area (Å²) in [5, 5.41) is 15.4. The molecular formula is C15H10ClF2N3O4S. The molecule has 3 aromatic rings. The van der Waals surface area contributed by atoms with E-state index in [9.17, 15) is 18.4 Å². The Morgan fingerprint density at radius 3 is 2.81 bits per heavy atom. The molecular weight excluding hydrogens is 392 g/mol. The Hall–Kier alpha value is -2.72. The van der Waals surface area contributed by atoms with Crippen molar-refractivity contribution in [1.29, 1.82) is 0 Å². The summed E-state index contributed by atoms with van der Waals surface area (Å²) in [5.41, 5.74) is -0.345. The number of alkyl halides is 2. The third-order valence-corrected chi connectivity index (χ3v) is 4.96. The number of fused-ring (bicyclic) bond motifs is 1. The fraction of sp³-hybridized carbons (Fsp3) is 0.133. The molecule has 0 unspecified atom stereocenters. The van der Waals surface area contributed by atoms with Crippen LogP contribution in [0.5, 0.6) is 5.75 Å². The molecule has 0 saturated carbocycles. The van der Waals surface area contributed by atoms with Crippen LogP contribution in [0.1, 0.15) is 20.2 Å². The zero-order valence-electron chi connectivity index (χ0n) is 13.0. The number of hydrogen-bond acceptors (Lipinski definition) is 5. The van der Waals surface area contributed by atoms with Gasteiger partial charge >= 0.3 is 12.6 Å². The number of benzene rings is 1. The predicted molar refractivity (Wildman–Crippen MR) is 91.6 cm³/mol. The number of aryl methyl sites for hydroxylation is 1. The molecule has 0 atom stereocenters. The molecule has 0 radical (unpaired) electrons. The molecule has 2 aromatic heterocycles. The van der Waals surface area contributed by atoms with Gasteiger partial charge in [0.1, 0.15) is 10.6 Å². The lowest BCUT2D eigenvalue weighted by Gasteiger charge is -2.06. The molecule has 2 N–H and O–H groups in total.